The van der Waals surface area contributed by atoms with Gasteiger partial charge in [-0.2, -0.15) is 0 Å². The second-order valence-electron chi connectivity index (χ2n) is 2.95. The SMILES string of the molecule is CC1CNC(=O)N(C)C(=O)C1. The number of rotatable bonds is 0. The minimum atomic E-state index is -0.292. The molecular formula is C7H12N2O2. The first-order valence-electron chi connectivity index (χ1n) is 3.65. The minimum absolute atomic E-state index is 0.104. The van der Waals surface area contributed by atoms with Crippen LogP contribution in [0.1, 0.15) is 13.3 Å². The van der Waals surface area contributed by atoms with E-state index in [1.807, 2.05) is 6.92 Å². The number of carbonyl (C=O) groups excluding carboxylic acids is 2. The molecule has 0 saturated carbocycles. The number of urea groups is 1. The summed E-state index contributed by atoms with van der Waals surface area (Å²) in [6.45, 7) is 2.53. The van der Waals surface area contributed by atoms with Crippen molar-refractivity contribution < 1.29 is 9.59 Å². The summed E-state index contributed by atoms with van der Waals surface area (Å²) in [6.07, 6.45) is 0.454. The van der Waals surface area contributed by atoms with Crippen molar-refractivity contribution in [3.8, 4) is 0 Å². The van der Waals surface area contributed by atoms with Crippen molar-refractivity contribution >= 4 is 11.9 Å². The Labute approximate surface area is 65.6 Å². The molecule has 0 aliphatic carbocycles. The number of imide groups is 1. The zero-order valence-corrected chi connectivity index (χ0v) is 6.76. The normalized spacial score (nSPS) is 26.4. The third-order valence-corrected chi connectivity index (χ3v) is 1.80. The molecule has 1 rings (SSSR count). The van der Waals surface area contributed by atoms with Gasteiger partial charge in [0.15, 0.2) is 0 Å². The highest BCUT2D eigenvalue weighted by Crippen LogP contribution is 2.07. The molecular weight excluding hydrogens is 144 g/mol. The van der Waals surface area contributed by atoms with Gasteiger partial charge in [-0.25, -0.2) is 4.79 Å². The smallest absolute Gasteiger partial charge is 0.323 e. The van der Waals surface area contributed by atoms with E-state index in [9.17, 15) is 9.59 Å². The molecule has 4 heteroatoms. The van der Waals surface area contributed by atoms with Gasteiger partial charge in [-0.3, -0.25) is 9.69 Å². The molecule has 1 heterocycles. The Kier molecular flexibility index (Phi) is 2.12. The lowest BCUT2D eigenvalue weighted by atomic mass is 10.1. The van der Waals surface area contributed by atoms with Crippen LogP contribution in [0.4, 0.5) is 4.79 Å². The van der Waals surface area contributed by atoms with E-state index in [2.05, 4.69) is 5.32 Å². The first-order valence-corrected chi connectivity index (χ1v) is 3.65. The zero-order chi connectivity index (χ0) is 8.43. The molecule has 1 unspecified atom stereocenters. The molecule has 1 N–H and O–H groups in total. The Hall–Kier alpha value is -1.06. The molecule has 3 amide bonds. The fraction of sp³-hybridized carbons (Fsp3) is 0.714. The summed E-state index contributed by atoms with van der Waals surface area (Å²) in [4.78, 5) is 23.2. The summed E-state index contributed by atoms with van der Waals surface area (Å²) in [5, 5.41) is 2.64. The molecule has 1 aliphatic rings. The number of nitrogens with one attached hydrogen (secondary N) is 1. The summed E-state index contributed by atoms with van der Waals surface area (Å²) in [5.41, 5.74) is 0. The van der Waals surface area contributed by atoms with E-state index in [4.69, 9.17) is 0 Å². The summed E-state index contributed by atoms with van der Waals surface area (Å²) in [7, 11) is 1.50. The van der Waals surface area contributed by atoms with Crippen molar-refractivity contribution in [3.63, 3.8) is 0 Å². The molecule has 1 saturated heterocycles. The second-order valence-corrected chi connectivity index (χ2v) is 2.95. The summed E-state index contributed by atoms with van der Waals surface area (Å²) >= 11 is 0. The molecule has 4 nitrogen and oxygen atoms in total. The van der Waals surface area contributed by atoms with Crippen molar-refractivity contribution in [3.05, 3.63) is 0 Å². The Morgan fingerprint density at radius 3 is 2.82 bits per heavy atom. The Balaban J connectivity index is 2.69. The first-order chi connectivity index (χ1) is 5.11. The van der Waals surface area contributed by atoms with Crippen molar-refractivity contribution in [2.75, 3.05) is 13.6 Å². The summed E-state index contributed by atoms with van der Waals surface area (Å²) < 4.78 is 0. The second kappa shape index (κ2) is 2.90. The predicted octanol–water partition coefficient (Wildman–Crippen LogP) is 0.194. The van der Waals surface area contributed by atoms with Gasteiger partial charge in [0.1, 0.15) is 0 Å². The van der Waals surface area contributed by atoms with Gasteiger partial charge in [0.25, 0.3) is 0 Å². The van der Waals surface area contributed by atoms with Gasteiger partial charge < -0.3 is 5.32 Å². The first kappa shape index (κ1) is 8.04. The van der Waals surface area contributed by atoms with Crippen LogP contribution in [0.5, 0.6) is 0 Å². The molecule has 0 spiro atoms. The van der Waals surface area contributed by atoms with Crippen LogP contribution in [0.2, 0.25) is 0 Å². The highest BCUT2D eigenvalue weighted by Gasteiger charge is 2.23. The standard InChI is InChI=1S/C7H12N2O2/c1-5-3-6(10)9(2)7(11)8-4-5/h5H,3-4H2,1-2H3,(H,8,11). The monoisotopic (exact) mass is 156 g/mol. The van der Waals surface area contributed by atoms with Crippen LogP contribution >= 0.6 is 0 Å². The fourth-order valence-corrected chi connectivity index (χ4v) is 1.00. The number of amides is 3. The summed E-state index contributed by atoms with van der Waals surface area (Å²) in [5.74, 6) is 0.143. The van der Waals surface area contributed by atoms with Gasteiger partial charge in [0.2, 0.25) is 5.91 Å². The van der Waals surface area contributed by atoms with Crippen molar-refractivity contribution in [2.24, 2.45) is 5.92 Å². The lowest BCUT2D eigenvalue weighted by molar-refractivity contribution is -0.127. The van der Waals surface area contributed by atoms with Crippen molar-refractivity contribution in [1.82, 2.24) is 10.2 Å². The van der Waals surface area contributed by atoms with Crippen LogP contribution < -0.4 is 5.32 Å². The Bertz CT molecular complexity index is 191. The van der Waals surface area contributed by atoms with Crippen LogP contribution in [0.25, 0.3) is 0 Å². The van der Waals surface area contributed by atoms with E-state index in [1.165, 1.54) is 7.05 Å². The van der Waals surface area contributed by atoms with Crippen LogP contribution in [0.15, 0.2) is 0 Å². The number of hydrogen-bond donors (Lipinski definition) is 1. The zero-order valence-electron chi connectivity index (χ0n) is 6.76. The third kappa shape index (κ3) is 1.69. The number of carbonyl (C=O) groups is 2. The topological polar surface area (TPSA) is 49.4 Å². The lowest BCUT2D eigenvalue weighted by Gasteiger charge is -2.10. The minimum Gasteiger partial charge on any atom is -0.337 e. The van der Waals surface area contributed by atoms with E-state index in [1.54, 1.807) is 0 Å². The number of nitrogens with zero attached hydrogens (tertiary/aromatic N) is 1. The number of hydrogen-bond acceptors (Lipinski definition) is 2. The van der Waals surface area contributed by atoms with E-state index in [0.717, 1.165) is 4.90 Å². The fourth-order valence-electron chi connectivity index (χ4n) is 1.00. The van der Waals surface area contributed by atoms with Crippen LogP contribution in [-0.4, -0.2) is 30.4 Å². The molecule has 0 bridgehead atoms. The van der Waals surface area contributed by atoms with E-state index >= 15 is 0 Å². The van der Waals surface area contributed by atoms with Crippen LogP contribution in [0.3, 0.4) is 0 Å². The summed E-state index contributed by atoms with van der Waals surface area (Å²) in [6, 6.07) is -0.292. The van der Waals surface area contributed by atoms with Gasteiger partial charge in [-0.1, -0.05) is 6.92 Å². The van der Waals surface area contributed by atoms with E-state index in [0.29, 0.717) is 13.0 Å². The van der Waals surface area contributed by atoms with Gasteiger partial charge in [-0.05, 0) is 5.92 Å². The van der Waals surface area contributed by atoms with E-state index < -0.39 is 0 Å². The Morgan fingerprint density at radius 2 is 2.18 bits per heavy atom. The molecule has 1 atom stereocenters. The molecule has 1 fully saturated rings. The highest BCUT2D eigenvalue weighted by atomic mass is 16.2. The Morgan fingerprint density at radius 1 is 1.55 bits per heavy atom. The molecule has 0 aromatic rings. The molecule has 1 aliphatic heterocycles. The molecule has 0 radical (unpaired) electrons. The molecule has 11 heavy (non-hydrogen) atoms. The average molecular weight is 156 g/mol. The van der Waals surface area contributed by atoms with Gasteiger partial charge in [0.05, 0.1) is 0 Å². The maximum atomic E-state index is 11.1. The third-order valence-electron chi connectivity index (χ3n) is 1.80. The highest BCUT2D eigenvalue weighted by molar-refractivity contribution is 5.94. The molecule has 62 valence electrons. The van der Waals surface area contributed by atoms with Gasteiger partial charge in [-0.15, -0.1) is 0 Å². The maximum absolute atomic E-state index is 11.1. The maximum Gasteiger partial charge on any atom is 0.323 e. The van der Waals surface area contributed by atoms with Crippen molar-refractivity contribution in [2.45, 2.75) is 13.3 Å². The molecule has 0 aromatic carbocycles. The lowest BCUT2D eigenvalue weighted by Crippen LogP contribution is -2.38. The molecule has 0 aromatic heterocycles. The van der Waals surface area contributed by atoms with Crippen molar-refractivity contribution in [1.29, 1.82) is 0 Å². The van der Waals surface area contributed by atoms with Gasteiger partial charge in [0, 0.05) is 20.0 Å². The van der Waals surface area contributed by atoms with Gasteiger partial charge >= 0.3 is 6.03 Å². The average Bonchev–Trinajstić information content (AvgIpc) is 2.05. The van der Waals surface area contributed by atoms with Crippen LogP contribution in [0, 0.1) is 5.92 Å². The van der Waals surface area contributed by atoms with E-state index in [-0.39, 0.29) is 17.9 Å². The predicted molar refractivity (Wildman–Crippen MR) is 39.9 cm³/mol. The quantitative estimate of drug-likeness (QED) is 0.544. The van der Waals surface area contributed by atoms with Crippen LogP contribution in [-0.2, 0) is 4.79 Å². The largest absolute Gasteiger partial charge is 0.337 e.